The summed E-state index contributed by atoms with van der Waals surface area (Å²) in [6.07, 6.45) is 6.24. The van der Waals surface area contributed by atoms with Gasteiger partial charge >= 0.3 is 0 Å². The first-order chi connectivity index (χ1) is 13.4. The van der Waals surface area contributed by atoms with Gasteiger partial charge in [0, 0.05) is 17.8 Å². The Morgan fingerprint density at radius 3 is 2.36 bits per heavy atom. The number of sulfonamides is 1. The van der Waals surface area contributed by atoms with Crippen LogP contribution in [0.25, 0.3) is 0 Å². The molecule has 2 fully saturated rings. The van der Waals surface area contributed by atoms with E-state index >= 15 is 0 Å². The van der Waals surface area contributed by atoms with E-state index in [4.69, 9.17) is 0 Å². The van der Waals surface area contributed by atoms with Crippen molar-refractivity contribution in [2.75, 3.05) is 11.3 Å². The Morgan fingerprint density at radius 2 is 1.71 bits per heavy atom. The molecule has 1 N–H and O–H groups in total. The Balaban J connectivity index is 1.41. The van der Waals surface area contributed by atoms with Gasteiger partial charge in [0.25, 0.3) is 10.0 Å². The molecule has 1 heterocycles. The molecule has 1 aliphatic heterocycles. The number of anilines is 1. The monoisotopic (exact) mass is 402 g/mol. The van der Waals surface area contributed by atoms with Gasteiger partial charge in [-0.25, -0.2) is 12.8 Å². The highest BCUT2D eigenvalue weighted by Gasteiger charge is 2.34. The predicted octanol–water partition coefficient (Wildman–Crippen LogP) is 4.75. The number of hydrogen-bond acceptors (Lipinski definition) is 3. The van der Waals surface area contributed by atoms with Gasteiger partial charge in [-0.3, -0.25) is 9.62 Å². The molecule has 150 valence electrons. The van der Waals surface area contributed by atoms with Crippen molar-refractivity contribution in [3.05, 3.63) is 59.9 Å². The SMILES string of the molecule is CC1CCCN1C1CCC(c2ccc(NS(=O)(=O)c3ccc(F)cc3)cc2)C1. The van der Waals surface area contributed by atoms with Crippen molar-refractivity contribution >= 4 is 15.7 Å². The molecule has 2 aliphatic rings. The predicted molar refractivity (Wildman–Crippen MR) is 109 cm³/mol. The van der Waals surface area contributed by atoms with E-state index in [0.29, 0.717) is 23.7 Å². The van der Waals surface area contributed by atoms with Crippen molar-refractivity contribution in [1.29, 1.82) is 0 Å². The zero-order chi connectivity index (χ0) is 19.7. The summed E-state index contributed by atoms with van der Waals surface area (Å²) in [4.78, 5) is 2.72. The molecule has 4 nitrogen and oxygen atoms in total. The van der Waals surface area contributed by atoms with Crippen LogP contribution in [0.3, 0.4) is 0 Å². The normalized spacial score (nSPS) is 25.9. The Bertz CT molecular complexity index is 913. The highest BCUT2D eigenvalue weighted by atomic mass is 32.2. The van der Waals surface area contributed by atoms with Crippen LogP contribution in [-0.4, -0.2) is 31.9 Å². The quantitative estimate of drug-likeness (QED) is 0.785. The highest BCUT2D eigenvalue weighted by molar-refractivity contribution is 7.92. The fourth-order valence-electron chi connectivity index (χ4n) is 4.71. The topological polar surface area (TPSA) is 49.4 Å². The van der Waals surface area contributed by atoms with Gasteiger partial charge in [-0.15, -0.1) is 0 Å². The minimum absolute atomic E-state index is 0.0522. The molecule has 0 bridgehead atoms. The maximum Gasteiger partial charge on any atom is 0.261 e. The second kappa shape index (κ2) is 7.84. The summed E-state index contributed by atoms with van der Waals surface area (Å²) in [5.41, 5.74) is 1.80. The summed E-state index contributed by atoms with van der Waals surface area (Å²) in [7, 11) is -3.71. The average Bonchev–Trinajstić information content (AvgIpc) is 3.31. The first kappa shape index (κ1) is 19.4. The highest BCUT2D eigenvalue weighted by Crippen LogP contribution is 2.39. The van der Waals surface area contributed by atoms with Crippen LogP contribution in [0.15, 0.2) is 53.4 Å². The van der Waals surface area contributed by atoms with E-state index in [1.54, 1.807) is 0 Å². The van der Waals surface area contributed by atoms with E-state index in [9.17, 15) is 12.8 Å². The molecule has 0 radical (unpaired) electrons. The van der Waals surface area contributed by atoms with Gasteiger partial charge in [-0.05, 0) is 93.5 Å². The zero-order valence-electron chi connectivity index (χ0n) is 16.1. The summed E-state index contributed by atoms with van der Waals surface area (Å²) in [5, 5.41) is 0. The maximum absolute atomic E-state index is 13.0. The lowest BCUT2D eigenvalue weighted by Gasteiger charge is -2.28. The van der Waals surface area contributed by atoms with Crippen LogP contribution in [0.4, 0.5) is 10.1 Å². The molecule has 1 aliphatic carbocycles. The molecular weight excluding hydrogens is 375 g/mol. The third kappa shape index (κ3) is 4.08. The number of benzene rings is 2. The molecule has 6 heteroatoms. The summed E-state index contributed by atoms with van der Waals surface area (Å²) >= 11 is 0. The first-order valence-corrected chi connectivity index (χ1v) is 11.5. The van der Waals surface area contributed by atoms with Crippen LogP contribution in [0, 0.1) is 5.82 Å². The smallest absolute Gasteiger partial charge is 0.261 e. The van der Waals surface area contributed by atoms with Gasteiger partial charge in [-0.1, -0.05) is 12.1 Å². The van der Waals surface area contributed by atoms with Crippen LogP contribution in [-0.2, 0) is 10.0 Å². The van der Waals surface area contributed by atoms with Gasteiger partial charge in [0.05, 0.1) is 4.90 Å². The molecule has 0 aromatic heterocycles. The fourth-order valence-corrected chi connectivity index (χ4v) is 5.77. The van der Waals surface area contributed by atoms with Gasteiger partial charge in [-0.2, -0.15) is 0 Å². The van der Waals surface area contributed by atoms with Crippen molar-refractivity contribution in [2.45, 2.75) is 61.9 Å². The molecule has 3 unspecified atom stereocenters. The van der Waals surface area contributed by atoms with Crippen LogP contribution >= 0.6 is 0 Å². The van der Waals surface area contributed by atoms with E-state index in [-0.39, 0.29) is 4.90 Å². The van der Waals surface area contributed by atoms with Crippen molar-refractivity contribution in [1.82, 2.24) is 4.90 Å². The Morgan fingerprint density at radius 1 is 1.00 bits per heavy atom. The second-order valence-electron chi connectivity index (χ2n) is 8.07. The molecule has 0 spiro atoms. The van der Waals surface area contributed by atoms with Gasteiger partial charge < -0.3 is 0 Å². The van der Waals surface area contributed by atoms with Gasteiger partial charge in [0.2, 0.25) is 0 Å². The number of nitrogens with one attached hydrogen (secondary N) is 1. The van der Waals surface area contributed by atoms with Crippen molar-refractivity contribution in [3.63, 3.8) is 0 Å². The summed E-state index contributed by atoms with van der Waals surface area (Å²) in [6.45, 7) is 3.56. The van der Waals surface area contributed by atoms with Crippen LogP contribution in [0.2, 0.25) is 0 Å². The molecule has 0 amide bonds. The number of hydrogen-bond donors (Lipinski definition) is 1. The number of nitrogens with zero attached hydrogens (tertiary/aromatic N) is 1. The van der Waals surface area contributed by atoms with Crippen LogP contribution < -0.4 is 4.72 Å². The standard InChI is InChI=1S/C22H27FN2O2S/c1-16-3-2-14-25(16)21-11-6-18(15-21)17-4-9-20(10-5-17)24-28(26,27)22-12-7-19(23)8-13-22/h4-5,7-10,12-13,16,18,21,24H,2-3,6,11,14-15H2,1H3. The minimum atomic E-state index is -3.71. The van der Waals surface area contributed by atoms with Crippen molar-refractivity contribution < 1.29 is 12.8 Å². The molecule has 4 rings (SSSR count). The maximum atomic E-state index is 13.0. The van der Waals surface area contributed by atoms with Crippen molar-refractivity contribution in [2.24, 2.45) is 0 Å². The van der Waals surface area contributed by atoms with Gasteiger partial charge in [0.15, 0.2) is 0 Å². The molecule has 1 saturated carbocycles. The van der Waals surface area contributed by atoms with E-state index in [2.05, 4.69) is 16.5 Å². The Kier molecular flexibility index (Phi) is 5.43. The third-order valence-electron chi connectivity index (χ3n) is 6.24. The summed E-state index contributed by atoms with van der Waals surface area (Å²) < 4.78 is 40.5. The van der Waals surface area contributed by atoms with Crippen molar-refractivity contribution in [3.8, 4) is 0 Å². The van der Waals surface area contributed by atoms with E-state index in [0.717, 1.165) is 12.1 Å². The summed E-state index contributed by atoms with van der Waals surface area (Å²) in [5.74, 6) is 0.0852. The molecule has 3 atom stereocenters. The van der Waals surface area contributed by atoms with E-state index in [1.807, 2.05) is 24.3 Å². The molecule has 2 aromatic carbocycles. The van der Waals surface area contributed by atoms with Gasteiger partial charge in [0.1, 0.15) is 5.82 Å². The number of likely N-dealkylation sites (tertiary alicyclic amines) is 1. The first-order valence-electron chi connectivity index (χ1n) is 10.1. The lowest BCUT2D eigenvalue weighted by molar-refractivity contribution is 0.191. The number of halogens is 1. The molecule has 1 saturated heterocycles. The minimum Gasteiger partial charge on any atom is -0.298 e. The van der Waals surface area contributed by atoms with Crippen LogP contribution in [0.1, 0.15) is 50.5 Å². The number of rotatable bonds is 5. The molecule has 2 aromatic rings. The Hall–Kier alpha value is -1.92. The Labute approximate surface area is 166 Å². The largest absolute Gasteiger partial charge is 0.298 e. The second-order valence-corrected chi connectivity index (χ2v) is 9.76. The van der Waals surface area contributed by atoms with E-state index in [1.165, 1.54) is 56.3 Å². The molecular formula is C22H27FN2O2S. The third-order valence-corrected chi connectivity index (χ3v) is 7.63. The fraction of sp³-hybridized carbons (Fsp3) is 0.455. The average molecular weight is 403 g/mol. The van der Waals surface area contributed by atoms with E-state index < -0.39 is 15.8 Å². The zero-order valence-corrected chi connectivity index (χ0v) is 17.0. The lowest BCUT2D eigenvalue weighted by Crippen LogP contribution is -2.35. The lowest BCUT2D eigenvalue weighted by atomic mass is 9.97. The van der Waals surface area contributed by atoms with Crippen LogP contribution in [0.5, 0.6) is 0 Å². The molecule has 28 heavy (non-hydrogen) atoms. The summed E-state index contributed by atoms with van der Waals surface area (Å²) in [6, 6.07) is 13.9.